The van der Waals surface area contributed by atoms with Gasteiger partial charge < -0.3 is 16.0 Å². The van der Waals surface area contributed by atoms with Crippen molar-refractivity contribution in [3.05, 3.63) is 65.7 Å². The van der Waals surface area contributed by atoms with Crippen molar-refractivity contribution in [2.24, 2.45) is 0 Å². The number of piperazine rings is 1. The third-order valence-electron chi connectivity index (χ3n) is 4.99. The molecular formula is C21H28N4O. The number of nitrogens with two attached hydrogens (primary N) is 1. The van der Waals surface area contributed by atoms with Gasteiger partial charge in [-0.1, -0.05) is 42.5 Å². The summed E-state index contributed by atoms with van der Waals surface area (Å²) < 4.78 is 0. The summed E-state index contributed by atoms with van der Waals surface area (Å²) in [5.41, 5.74) is 8.30. The van der Waals surface area contributed by atoms with E-state index in [2.05, 4.69) is 52.5 Å². The highest BCUT2D eigenvalue weighted by Crippen LogP contribution is 2.24. The predicted molar refractivity (Wildman–Crippen MR) is 106 cm³/mol. The van der Waals surface area contributed by atoms with Crippen LogP contribution in [0.3, 0.4) is 0 Å². The topological polar surface area (TPSA) is 61.6 Å². The Balaban J connectivity index is 1.51. The molecule has 0 bridgehead atoms. The summed E-state index contributed by atoms with van der Waals surface area (Å²) >= 11 is 0. The van der Waals surface area contributed by atoms with E-state index in [0.29, 0.717) is 23.8 Å². The lowest BCUT2D eigenvalue weighted by molar-refractivity contribution is 0.0866. The van der Waals surface area contributed by atoms with Gasteiger partial charge in [0.15, 0.2) is 0 Å². The van der Waals surface area contributed by atoms with Gasteiger partial charge in [-0.15, -0.1) is 0 Å². The van der Waals surface area contributed by atoms with Gasteiger partial charge in [-0.3, -0.25) is 9.69 Å². The van der Waals surface area contributed by atoms with Crippen molar-refractivity contribution in [1.82, 2.24) is 15.1 Å². The van der Waals surface area contributed by atoms with Crippen LogP contribution in [0.4, 0.5) is 5.69 Å². The van der Waals surface area contributed by atoms with Gasteiger partial charge >= 0.3 is 0 Å². The Kier molecular flexibility index (Phi) is 6.26. The van der Waals surface area contributed by atoms with E-state index in [1.165, 1.54) is 5.56 Å². The van der Waals surface area contributed by atoms with Gasteiger partial charge in [-0.25, -0.2) is 0 Å². The average Bonchev–Trinajstić information content (AvgIpc) is 2.67. The van der Waals surface area contributed by atoms with Crippen LogP contribution >= 0.6 is 0 Å². The lowest BCUT2D eigenvalue weighted by Gasteiger charge is -2.40. The summed E-state index contributed by atoms with van der Waals surface area (Å²) in [6.45, 7) is 4.79. The molecule has 0 radical (unpaired) electrons. The molecule has 5 heteroatoms. The van der Waals surface area contributed by atoms with Crippen LogP contribution in [0.2, 0.25) is 0 Å². The van der Waals surface area contributed by atoms with Crippen molar-refractivity contribution < 1.29 is 4.79 Å². The van der Waals surface area contributed by atoms with Crippen molar-refractivity contribution in [1.29, 1.82) is 0 Å². The standard InChI is InChI=1S/C21H28N4O/c1-24-14-15-25(20(16-24)17-8-3-2-4-9-17)13-7-12-23-21(26)18-10-5-6-11-19(18)22/h2-6,8-11,20H,7,12-16,22H2,1H3,(H,23,26). The Morgan fingerprint density at radius 2 is 1.85 bits per heavy atom. The molecule has 0 aromatic heterocycles. The number of benzene rings is 2. The first-order valence-electron chi connectivity index (χ1n) is 9.25. The molecule has 3 N–H and O–H groups in total. The number of anilines is 1. The second-order valence-electron chi connectivity index (χ2n) is 6.92. The quantitative estimate of drug-likeness (QED) is 0.619. The molecule has 0 spiro atoms. The molecule has 1 fully saturated rings. The Morgan fingerprint density at radius 3 is 2.62 bits per heavy atom. The summed E-state index contributed by atoms with van der Waals surface area (Å²) in [5.74, 6) is -0.0962. The van der Waals surface area contributed by atoms with Crippen LogP contribution in [0.1, 0.15) is 28.4 Å². The molecular weight excluding hydrogens is 324 g/mol. The molecule has 1 aliphatic heterocycles. The fraction of sp³-hybridized carbons (Fsp3) is 0.381. The maximum absolute atomic E-state index is 12.2. The minimum Gasteiger partial charge on any atom is -0.398 e. The number of carbonyl (C=O) groups excluding carboxylic acids is 1. The van der Waals surface area contributed by atoms with Crippen LogP contribution in [0, 0.1) is 0 Å². The molecule has 0 aliphatic carbocycles. The third kappa shape index (κ3) is 4.62. The minimum atomic E-state index is -0.0962. The first kappa shape index (κ1) is 18.4. The van der Waals surface area contributed by atoms with Crippen molar-refractivity contribution in [3.8, 4) is 0 Å². The van der Waals surface area contributed by atoms with Crippen molar-refractivity contribution in [3.63, 3.8) is 0 Å². The highest BCUT2D eigenvalue weighted by Gasteiger charge is 2.25. The Labute approximate surface area is 155 Å². The van der Waals surface area contributed by atoms with Crippen molar-refractivity contribution in [2.75, 3.05) is 45.5 Å². The van der Waals surface area contributed by atoms with Crippen LogP contribution in [0.25, 0.3) is 0 Å². The average molecular weight is 352 g/mol. The first-order chi connectivity index (χ1) is 12.6. The lowest BCUT2D eigenvalue weighted by atomic mass is 10.0. The van der Waals surface area contributed by atoms with E-state index in [1.807, 2.05) is 12.1 Å². The fourth-order valence-electron chi connectivity index (χ4n) is 3.50. The molecule has 1 saturated heterocycles. The van der Waals surface area contributed by atoms with E-state index >= 15 is 0 Å². The Bertz CT molecular complexity index is 719. The third-order valence-corrected chi connectivity index (χ3v) is 4.99. The maximum Gasteiger partial charge on any atom is 0.253 e. The minimum absolute atomic E-state index is 0.0962. The van der Waals surface area contributed by atoms with Crippen LogP contribution < -0.4 is 11.1 Å². The van der Waals surface area contributed by atoms with Crippen LogP contribution in [0.5, 0.6) is 0 Å². The zero-order chi connectivity index (χ0) is 18.4. The van der Waals surface area contributed by atoms with Gasteiger partial charge in [-0.2, -0.15) is 0 Å². The summed E-state index contributed by atoms with van der Waals surface area (Å²) in [6.07, 6.45) is 0.922. The highest BCUT2D eigenvalue weighted by molar-refractivity contribution is 5.98. The number of hydrogen-bond acceptors (Lipinski definition) is 4. The molecule has 1 heterocycles. The van der Waals surface area contributed by atoms with E-state index in [4.69, 9.17) is 5.73 Å². The van der Waals surface area contributed by atoms with Gasteiger partial charge in [-0.05, 0) is 31.2 Å². The summed E-state index contributed by atoms with van der Waals surface area (Å²) in [7, 11) is 2.18. The largest absolute Gasteiger partial charge is 0.398 e. The number of likely N-dealkylation sites (N-methyl/N-ethyl adjacent to an activating group) is 1. The summed E-state index contributed by atoms with van der Waals surface area (Å²) in [4.78, 5) is 17.1. The van der Waals surface area contributed by atoms with E-state index in [0.717, 1.165) is 32.6 Å². The van der Waals surface area contributed by atoms with Crippen LogP contribution in [-0.2, 0) is 0 Å². The molecule has 138 valence electrons. The van der Waals surface area contributed by atoms with E-state index in [9.17, 15) is 4.79 Å². The Hall–Kier alpha value is -2.37. The number of hydrogen-bond donors (Lipinski definition) is 2. The SMILES string of the molecule is CN1CCN(CCCNC(=O)c2ccccc2N)C(c2ccccc2)C1. The number of nitrogen functional groups attached to an aromatic ring is 1. The van der Waals surface area contributed by atoms with E-state index in [1.54, 1.807) is 12.1 Å². The number of para-hydroxylation sites is 1. The number of amides is 1. The molecule has 1 amide bonds. The second-order valence-corrected chi connectivity index (χ2v) is 6.92. The molecule has 1 atom stereocenters. The molecule has 2 aromatic rings. The fourth-order valence-corrected chi connectivity index (χ4v) is 3.50. The molecule has 26 heavy (non-hydrogen) atoms. The number of carbonyl (C=O) groups is 1. The molecule has 5 nitrogen and oxygen atoms in total. The van der Waals surface area contributed by atoms with Gasteiger partial charge in [0.1, 0.15) is 0 Å². The zero-order valence-electron chi connectivity index (χ0n) is 15.4. The smallest absolute Gasteiger partial charge is 0.253 e. The summed E-state index contributed by atoms with van der Waals surface area (Å²) in [6, 6.07) is 18.3. The monoisotopic (exact) mass is 352 g/mol. The van der Waals surface area contributed by atoms with Gasteiger partial charge in [0, 0.05) is 44.5 Å². The number of rotatable bonds is 6. The van der Waals surface area contributed by atoms with Gasteiger partial charge in [0.25, 0.3) is 5.91 Å². The van der Waals surface area contributed by atoms with Crippen LogP contribution in [0.15, 0.2) is 54.6 Å². The number of nitrogens with one attached hydrogen (secondary N) is 1. The zero-order valence-corrected chi connectivity index (χ0v) is 15.4. The van der Waals surface area contributed by atoms with E-state index < -0.39 is 0 Å². The molecule has 1 unspecified atom stereocenters. The summed E-state index contributed by atoms with van der Waals surface area (Å²) in [5, 5.41) is 2.99. The van der Waals surface area contributed by atoms with Crippen LogP contribution in [-0.4, -0.2) is 55.5 Å². The molecule has 1 aliphatic rings. The molecule has 0 saturated carbocycles. The molecule has 2 aromatic carbocycles. The Morgan fingerprint density at radius 1 is 1.12 bits per heavy atom. The lowest BCUT2D eigenvalue weighted by Crippen LogP contribution is -2.47. The van der Waals surface area contributed by atoms with Crippen molar-refractivity contribution >= 4 is 11.6 Å². The normalized spacial score (nSPS) is 18.6. The second kappa shape index (κ2) is 8.83. The molecule has 3 rings (SSSR count). The van der Waals surface area contributed by atoms with Crippen molar-refractivity contribution in [2.45, 2.75) is 12.5 Å². The van der Waals surface area contributed by atoms with Gasteiger partial charge in [0.05, 0.1) is 5.56 Å². The van der Waals surface area contributed by atoms with E-state index in [-0.39, 0.29) is 5.91 Å². The number of nitrogens with zero attached hydrogens (tertiary/aromatic N) is 2. The first-order valence-corrected chi connectivity index (χ1v) is 9.25. The highest BCUT2D eigenvalue weighted by atomic mass is 16.1. The maximum atomic E-state index is 12.2. The predicted octanol–water partition coefficient (Wildman–Crippen LogP) is 2.38. The van der Waals surface area contributed by atoms with Gasteiger partial charge in [0.2, 0.25) is 0 Å².